The van der Waals surface area contributed by atoms with Gasteiger partial charge >= 0.3 is 0 Å². The molecule has 1 aromatic heterocycles. The maximum atomic E-state index is 13.2. The molecule has 0 saturated carbocycles. The van der Waals surface area contributed by atoms with E-state index in [0.717, 1.165) is 27.5 Å². The quantitative estimate of drug-likeness (QED) is 0.484. The Bertz CT molecular complexity index is 1350. The minimum atomic E-state index is -3.55. The van der Waals surface area contributed by atoms with Crippen molar-refractivity contribution < 1.29 is 8.42 Å². The van der Waals surface area contributed by atoms with Gasteiger partial charge in [-0.25, -0.2) is 18.4 Å². The highest BCUT2D eigenvalue weighted by molar-refractivity contribution is 7.89. The summed E-state index contributed by atoms with van der Waals surface area (Å²) in [4.78, 5) is 11.2. The van der Waals surface area contributed by atoms with Gasteiger partial charge in [0.15, 0.2) is 0 Å². The van der Waals surface area contributed by atoms with Crippen LogP contribution in [0.4, 0.5) is 5.82 Å². The fourth-order valence-corrected chi connectivity index (χ4v) is 5.51. The molecule has 0 spiro atoms. The van der Waals surface area contributed by atoms with Crippen molar-refractivity contribution >= 4 is 49.1 Å². The molecule has 0 aliphatic carbocycles. The van der Waals surface area contributed by atoms with Gasteiger partial charge in [0.05, 0.1) is 10.4 Å². The Hall–Kier alpha value is -2.74. The fourth-order valence-electron chi connectivity index (χ4n) is 3.89. The van der Waals surface area contributed by atoms with Crippen LogP contribution >= 0.6 is 11.6 Å². The molecule has 5 rings (SSSR count). The number of anilines is 1. The lowest BCUT2D eigenvalue weighted by Crippen LogP contribution is -2.49. The number of fused-ring (bicyclic) bond motifs is 2. The maximum Gasteiger partial charge on any atom is 0.243 e. The van der Waals surface area contributed by atoms with Crippen molar-refractivity contribution in [3.63, 3.8) is 0 Å². The molecule has 3 aromatic carbocycles. The van der Waals surface area contributed by atoms with Crippen LogP contribution in [-0.2, 0) is 10.0 Å². The van der Waals surface area contributed by atoms with Gasteiger partial charge in [0.25, 0.3) is 0 Å². The van der Waals surface area contributed by atoms with Crippen LogP contribution in [0.1, 0.15) is 0 Å². The molecule has 1 aliphatic rings. The topological polar surface area (TPSA) is 66.4 Å². The predicted octanol–water partition coefficient (Wildman–Crippen LogP) is 3.95. The van der Waals surface area contributed by atoms with Gasteiger partial charge in [-0.05, 0) is 41.1 Å². The number of sulfonamides is 1. The van der Waals surface area contributed by atoms with Crippen LogP contribution in [0.5, 0.6) is 0 Å². The summed E-state index contributed by atoms with van der Waals surface area (Å²) in [5, 5.41) is 3.48. The summed E-state index contributed by atoms with van der Waals surface area (Å²) in [7, 11) is -3.55. The van der Waals surface area contributed by atoms with Gasteiger partial charge in [-0.1, -0.05) is 41.9 Å². The molecule has 1 fully saturated rings. The first kappa shape index (κ1) is 19.2. The number of piperazine rings is 1. The average Bonchev–Trinajstić information content (AvgIpc) is 2.78. The van der Waals surface area contributed by atoms with Crippen LogP contribution in [0.25, 0.3) is 21.7 Å². The summed E-state index contributed by atoms with van der Waals surface area (Å²) in [5.41, 5.74) is 0.777. The highest BCUT2D eigenvalue weighted by atomic mass is 35.5. The smallest absolute Gasteiger partial charge is 0.243 e. The number of halogens is 1. The van der Waals surface area contributed by atoms with Gasteiger partial charge in [-0.3, -0.25) is 0 Å². The molecular formula is C22H19ClN4O2S. The molecule has 1 saturated heterocycles. The first-order valence-corrected chi connectivity index (χ1v) is 11.5. The third-order valence-corrected chi connectivity index (χ3v) is 7.60. The highest BCUT2D eigenvalue weighted by Gasteiger charge is 2.29. The van der Waals surface area contributed by atoms with E-state index in [1.165, 1.54) is 6.33 Å². The van der Waals surface area contributed by atoms with Gasteiger partial charge in [-0.15, -0.1) is 0 Å². The van der Waals surface area contributed by atoms with Crippen molar-refractivity contribution in [3.8, 4) is 0 Å². The zero-order valence-electron chi connectivity index (χ0n) is 16.1. The Morgan fingerprint density at radius 2 is 1.60 bits per heavy atom. The maximum absolute atomic E-state index is 13.2. The largest absolute Gasteiger partial charge is 0.353 e. The van der Waals surface area contributed by atoms with E-state index in [9.17, 15) is 8.42 Å². The molecule has 0 atom stereocenters. The monoisotopic (exact) mass is 438 g/mol. The van der Waals surface area contributed by atoms with Crippen LogP contribution in [0.2, 0.25) is 5.02 Å². The SMILES string of the molecule is O=S(=O)(c1ccc2ccccc2c1)N1CCN(c2ncnc3cc(Cl)ccc23)CC1. The van der Waals surface area contributed by atoms with Crippen molar-refractivity contribution in [2.45, 2.75) is 4.90 Å². The van der Waals surface area contributed by atoms with Gasteiger partial charge in [-0.2, -0.15) is 4.31 Å². The van der Waals surface area contributed by atoms with Crippen LogP contribution < -0.4 is 4.90 Å². The predicted molar refractivity (Wildman–Crippen MR) is 119 cm³/mol. The van der Waals surface area contributed by atoms with Crippen LogP contribution in [0.3, 0.4) is 0 Å². The standard InChI is InChI=1S/C22H19ClN4O2S/c23-18-6-8-20-21(14-18)24-15-25-22(20)26-9-11-27(12-10-26)30(28,29)19-7-5-16-3-1-2-4-17(16)13-19/h1-8,13-15H,9-12H2. The second-order valence-corrected chi connectivity index (χ2v) is 9.63. The molecule has 2 heterocycles. The number of hydrogen-bond acceptors (Lipinski definition) is 5. The summed E-state index contributed by atoms with van der Waals surface area (Å²) in [6.45, 7) is 1.91. The molecule has 0 N–H and O–H groups in total. The van der Waals surface area contributed by atoms with E-state index in [-0.39, 0.29) is 0 Å². The van der Waals surface area contributed by atoms with E-state index in [1.54, 1.807) is 16.4 Å². The summed E-state index contributed by atoms with van der Waals surface area (Å²) in [6.07, 6.45) is 1.52. The number of nitrogens with zero attached hydrogens (tertiary/aromatic N) is 4. The molecule has 30 heavy (non-hydrogen) atoms. The molecule has 152 valence electrons. The van der Waals surface area contributed by atoms with Crippen molar-refractivity contribution in [3.05, 3.63) is 72.0 Å². The zero-order valence-corrected chi connectivity index (χ0v) is 17.6. The van der Waals surface area contributed by atoms with E-state index >= 15 is 0 Å². The summed E-state index contributed by atoms with van der Waals surface area (Å²) in [6, 6.07) is 18.6. The minimum absolute atomic E-state index is 0.330. The molecule has 0 unspecified atom stereocenters. The van der Waals surface area contributed by atoms with Crippen LogP contribution in [0.15, 0.2) is 71.9 Å². The third-order valence-electron chi connectivity index (χ3n) is 5.47. The molecule has 4 aromatic rings. The molecule has 6 nitrogen and oxygen atoms in total. The Kier molecular flexibility index (Phi) is 4.81. The summed E-state index contributed by atoms with van der Waals surface area (Å²) in [5.74, 6) is 0.805. The Balaban J connectivity index is 1.39. The average molecular weight is 439 g/mol. The Labute approximate surface area is 179 Å². The third kappa shape index (κ3) is 3.39. The van der Waals surface area contributed by atoms with Crippen LogP contribution in [-0.4, -0.2) is 48.9 Å². The Morgan fingerprint density at radius 1 is 0.833 bits per heavy atom. The second kappa shape index (κ2) is 7.50. The zero-order chi connectivity index (χ0) is 20.7. The lowest BCUT2D eigenvalue weighted by Gasteiger charge is -2.35. The fraction of sp³-hybridized carbons (Fsp3) is 0.182. The van der Waals surface area contributed by atoms with E-state index in [2.05, 4.69) is 14.9 Å². The molecule has 1 aliphatic heterocycles. The lowest BCUT2D eigenvalue weighted by atomic mass is 10.1. The molecule has 8 heteroatoms. The molecule has 0 bridgehead atoms. The van der Waals surface area contributed by atoms with Gasteiger partial charge in [0.1, 0.15) is 12.1 Å². The van der Waals surface area contributed by atoms with Crippen molar-refractivity contribution in [1.82, 2.24) is 14.3 Å². The van der Waals surface area contributed by atoms with Crippen molar-refractivity contribution in [2.24, 2.45) is 0 Å². The second-order valence-electron chi connectivity index (χ2n) is 7.26. The minimum Gasteiger partial charge on any atom is -0.353 e. The Morgan fingerprint density at radius 3 is 2.40 bits per heavy atom. The van der Waals surface area contributed by atoms with Gasteiger partial charge in [0.2, 0.25) is 10.0 Å². The molecule has 0 radical (unpaired) electrons. The van der Waals surface area contributed by atoms with Crippen molar-refractivity contribution in [2.75, 3.05) is 31.1 Å². The lowest BCUT2D eigenvalue weighted by molar-refractivity contribution is 0.384. The van der Waals surface area contributed by atoms with E-state index in [4.69, 9.17) is 11.6 Å². The number of benzene rings is 3. The van der Waals surface area contributed by atoms with E-state index < -0.39 is 10.0 Å². The molecular weight excluding hydrogens is 420 g/mol. The number of aromatic nitrogens is 2. The summed E-state index contributed by atoms with van der Waals surface area (Å²) < 4.78 is 27.9. The first-order chi connectivity index (χ1) is 14.5. The highest BCUT2D eigenvalue weighted by Crippen LogP contribution is 2.28. The van der Waals surface area contributed by atoms with Gasteiger partial charge < -0.3 is 4.90 Å². The summed E-state index contributed by atoms with van der Waals surface area (Å²) >= 11 is 6.07. The molecule has 0 amide bonds. The van der Waals surface area contributed by atoms with Gasteiger partial charge in [0, 0.05) is 36.6 Å². The van der Waals surface area contributed by atoms with Crippen molar-refractivity contribution in [1.29, 1.82) is 0 Å². The normalized spacial score (nSPS) is 15.7. The first-order valence-electron chi connectivity index (χ1n) is 9.66. The van der Waals surface area contributed by atoms with Crippen LogP contribution in [0, 0.1) is 0 Å². The van der Waals surface area contributed by atoms with E-state index in [0.29, 0.717) is 36.1 Å². The van der Waals surface area contributed by atoms with E-state index in [1.807, 2.05) is 48.5 Å². The number of rotatable bonds is 3. The number of hydrogen-bond donors (Lipinski definition) is 0.